The fraction of sp³-hybridized carbons (Fsp3) is 0.0417. The standard InChI is InChI=1S/C24H17ClN4O/c1-16-6-5-13-29-21(22(28-23(16)29)17-7-3-2-4-8-17)14-18(15-26)24(30)27-20-11-9-19(25)10-12-20/h2-14H,1H3,(H,27,30). The third kappa shape index (κ3) is 3.82. The Morgan fingerprint density at radius 3 is 2.53 bits per heavy atom. The monoisotopic (exact) mass is 412 g/mol. The van der Waals surface area contributed by atoms with Crippen molar-refractivity contribution in [3.05, 3.63) is 94.8 Å². The molecule has 0 aliphatic rings. The molecule has 0 saturated heterocycles. The maximum Gasteiger partial charge on any atom is 0.266 e. The molecule has 0 aliphatic carbocycles. The molecule has 4 rings (SSSR count). The molecular formula is C24H17ClN4O. The summed E-state index contributed by atoms with van der Waals surface area (Å²) in [5, 5.41) is 13.0. The maximum atomic E-state index is 12.7. The van der Waals surface area contributed by atoms with Gasteiger partial charge in [-0.2, -0.15) is 5.26 Å². The molecule has 2 aromatic carbocycles. The average molecular weight is 413 g/mol. The lowest BCUT2D eigenvalue weighted by molar-refractivity contribution is -0.112. The van der Waals surface area contributed by atoms with Crippen LogP contribution in [-0.2, 0) is 4.79 Å². The summed E-state index contributed by atoms with van der Waals surface area (Å²) >= 11 is 5.89. The van der Waals surface area contributed by atoms with E-state index in [1.807, 2.05) is 66.1 Å². The SMILES string of the molecule is Cc1cccn2c(C=C(C#N)C(=O)Nc3ccc(Cl)cc3)c(-c3ccccc3)nc12. The summed E-state index contributed by atoms with van der Waals surface area (Å²) < 4.78 is 1.89. The van der Waals surface area contributed by atoms with E-state index < -0.39 is 5.91 Å². The van der Waals surface area contributed by atoms with Gasteiger partial charge in [0.15, 0.2) is 0 Å². The Bertz CT molecular complexity index is 1300. The van der Waals surface area contributed by atoms with Crippen LogP contribution in [0.15, 0.2) is 78.5 Å². The van der Waals surface area contributed by atoms with Gasteiger partial charge in [0.05, 0.1) is 11.4 Å². The van der Waals surface area contributed by atoms with Gasteiger partial charge in [-0.1, -0.05) is 48.0 Å². The lowest BCUT2D eigenvalue weighted by atomic mass is 10.1. The minimum absolute atomic E-state index is 0.0227. The Labute approximate surface area is 178 Å². The molecule has 146 valence electrons. The molecule has 0 radical (unpaired) electrons. The summed E-state index contributed by atoms with van der Waals surface area (Å²) in [5.74, 6) is -0.499. The van der Waals surface area contributed by atoms with Crippen molar-refractivity contribution in [2.45, 2.75) is 6.92 Å². The summed E-state index contributed by atoms with van der Waals surface area (Å²) in [6.45, 7) is 1.98. The van der Waals surface area contributed by atoms with Crippen LogP contribution in [0.25, 0.3) is 23.0 Å². The van der Waals surface area contributed by atoms with Crippen LogP contribution in [-0.4, -0.2) is 15.3 Å². The Morgan fingerprint density at radius 1 is 1.10 bits per heavy atom. The summed E-state index contributed by atoms with van der Waals surface area (Å²) in [6, 6.07) is 22.3. The summed E-state index contributed by atoms with van der Waals surface area (Å²) in [6.07, 6.45) is 3.45. The Hall–Kier alpha value is -3.88. The molecule has 1 N–H and O–H groups in total. The van der Waals surface area contributed by atoms with E-state index in [9.17, 15) is 10.1 Å². The van der Waals surface area contributed by atoms with Crippen LogP contribution in [0.2, 0.25) is 5.02 Å². The number of nitrogens with one attached hydrogen (secondary N) is 1. The van der Waals surface area contributed by atoms with Crippen LogP contribution >= 0.6 is 11.6 Å². The highest BCUT2D eigenvalue weighted by Gasteiger charge is 2.17. The van der Waals surface area contributed by atoms with Gasteiger partial charge < -0.3 is 5.32 Å². The number of aryl methyl sites for hydroxylation is 1. The number of carbonyl (C=O) groups is 1. The van der Waals surface area contributed by atoms with Gasteiger partial charge in [0.1, 0.15) is 17.3 Å². The van der Waals surface area contributed by atoms with Gasteiger partial charge in [0.25, 0.3) is 5.91 Å². The predicted molar refractivity (Wildman–Crippen MR) is 119 cm³/mol. The smallest absolute Gasteiger partial charge is 0.266 e. The molecule has 0 bridgehead atoms. The van der Waals surface area contributed by atoms with Gasteiger partial charge in [-0.3, -0.25) is 9.20 Å². The number of amides is 1. The second-order valence-corrected chi connectivity index (χ2v) is 7.16. The van der Waals surface area contributed by atoms with E-state index in [4.69, 9.17) is 16.6 Å². The van der Waals surface area contributed by atoms with Gasteiger partial charge in [-0.25, -0.2) is 4.98 Å². The van der Waals surface area contributed by atoms with Gasteiger partial charge in [-0.15, -0.1) is 0 Å². The van der Waals surface area contributed by atoms with Crippen molar-refractivity contribution in [1.29, 1.82) is 5.26 Å². The third-order valence-corrected chi connectivity index (χ3v) is 4.93. The van der Waals surface area contributed by atoms with E-state index in [2.05, 4.69) is 5.32 Å². The van der Waals surface area contributed by atoms with Crippen LogP contribution in [0.5, 0.6) is 0 Å². The van der Waals surface area contributed by atoms with Crippen molar-refractivity contribution in [2.75, 3.05) is 5.32 Å². The zero-order valence-electron chi connectivity index (χ0n) is 16.1. The predicted octanol–water partition coefficient (Wildman–Crippen LogP) is 5.51. The third-order valence-electron chi connectivity index (χ3n) is 4.68. The van der Waals surface area contributed by atoms with Crippen molar-refractivity contribution in [3.8, 4) is 17.3 Å². The number of fused-ring (bicyclic) bond motifs is 1. The number of aromatic nitrogens is 2. The van der Waals surface area contributed by atoms with E-state index in [1.165, 1.54) is 0 Å². The fourth-order valence-corrected chi connectivity index (χ4v) is 3.31. The summed E-state index contributed by atoms with van der Waals surface area (Å²) in [4.78, 5) is 17.5. The van der Waals surface area contributed by atoms with E-state index in [1.54, 1.807) is 30.3 Å². The molecular weight excluding hydrogens is 396 g/mol. The lowest BCUT2D eigenvalue weighted by Gasteiger charge is -2.06. The van der Waals surface area contributed by atoms with Gasteiger partial charge in [-0.05, 0) is 48.9 Å². The quantitative estimate of drug-likeness (QED) is 0.355. The molecule has 0 fully saturated rings. The van der Waals surface area contributed by atoms with Crippen LogP contribution in [0.1, 0.15) is 11.3 Å². The van der Waals surface area contributed by atoms with Crippen LogP contribution in [0, 0.1) is 18.3 Å². The first kappa shape index (κ1) is 19.4. The molecule has 1 amide bonds. The second-order valence-electron chi connectivity index (χ2n) is 6.73. The number of nitriles is 1. The lowest BCUT2D eigenvalue weighted by Crippen LogP contribution is -2.13. The van der Waals surface area contributed by atoms with Crippen molar-refractivity contribution >= 4 is 34.9 Å². The Morgan fingerprint density at radius 2 is 1.83 bits per heavy atom. The largest absolute Gasteiger partial charge is 0.321 e. The number of benzene rings is 2. The number of rotatable bonds is 4. The maximum absolute atomic E-state index is 12.7. The van der Waals surface area contributed by atoms with Gasteiger partial charge in [0, 0.05) is 22.5 Å². The molecule has 30 heavy (non-hydrogen) atoms. The molecule has 0 unspecified atom stereocenters. The molecule has 0 aliphatic heterocycles. The van der Waals surface area contributed by atoms with Crippen molar-refractivity contribution in [2.24, 2.45) is 0 Å². The zero-order chi connectivity index (χ0) is 21.1. The van der Waals surface area contributed by atoms with Crippen LogP contribution in [0.4, 0.5) is 5.69 Å². The fourth-order valence-electron chi connectivity index (χ4n) is 3.19. The Balaban J connectivity index is 1.81. The zero-order valence-corrected chi connectivity index (χ0v) is 16.9. The molecule has 5 nitrogen and oxygen atoms in total. The number of carbonyl (C=O) groups excluding carboxylic acids is 1. The van der Waals surface area contributed by atoms with Crippen molar-refractivity contribution < 1.29 is 4.79 Å². The average Bonchev–Trinajstić information content (AvgIpc) is 3.14. The molecule has 6 heteroatoms. The summed E-state index contributed by atoms with van der Waals surface area (Å²) in [5.41, 5.74) is 4.59. The Kier molecular flexibility index (Phi) is 5.34. The van der Waals surface area contributed by atoms with Crippen molar-refractivity contribution in [1.82, 2.24) is 9.38 Å². The van der Waals surface area contributed by atoms with Crippen LogP contribution < -0.4 is 5.32 Å². The molecule has 0 atom stereocenters. The number of imidazole rings is 1. The number of hydrogen-bond acceptors (Lipinski definition) is 3. The topological polar surface area (TPSA) is 70.2 Å². The molecule has 2 aromatic heterocycles. The first-order chi connectivity index (χ1) is 14.6. The number of halogens is 1. The normalized spacial score (nSPS) is 11.3. The first-order valence-electron chi connectivity index (χ1n) is 9.28. The van der Waals surface area contributed by atoms with Crippen molar-refractivity contribution in [3.63, 3.8) is 0 Å². The second kappa shape index (κ2) is 8.24. The molecule has 4 aromatic rings. The minimum Gasteiger partial charge on any atom is -0.321 e. The van der Waals surface area contributed by atoms with E-state index >= 15 is 0 Å². The molecule has 0 saturated carbocycles. The number of pyridine rings is 1. The number of hydrogen-bond donors (Lipinski definition) is 1. The van der Waals surface area contributed by atoms with E-state index in [0.717, 1.165) is 16.8 Å². The number of nitrogens with zero attached hydrogens (tertiary/aromatic N) is 3. The molecule has 2 heterocycles. The molecule has 0 spiro atoms. The highest BCUT2D eigenvalue weighted by atomic mass is 35.5. The number of anilines is 1. The summed E-state index contributed by atoms with van der Waals surface area (Å²) in [7, 11) is 0. The van der Waals surface area contributed by atoms with Crippen LogP contribution in [0.3, 0.4) is 0 Å². The highest BCUT2D eigenvalue weighted by molar-refractivity contribution is 6.30. The first-order valence-corrected chi connectivity index (χ1v) is 9.66. The van der Waals surface area contributed by atoms with Gasteiger partial charge >= 0.3 is 0 Å². The minimum atomic E-state index is -0.499. The highest BCUT2D eigenvalue weighted by Crippen LogP contribution is 2.27. The van der Waals surface area contributed by atoms with E-state index in [0.29, 0.717) is 22.1 Å². The van der Waals surface area contributed by atoms with E-state index in [-0.39, 0.29) is 5.57 Å². The van der Waals surface area contributed by atoms with Gasteiger partial charge in [0.2, 0.25) is 0 Å².